The minimum atomic E-state index is -4.44. The van der Waals surface area contributed by atoms with Gasteiger partial charge in [-0.25, -0.2) is 0 Å². The van der Waals surface area contributed by atoms with E-state index in [-0.39, 0.29) is 18.6 Å². The van der Waals surface area contributed by atoms with E-state index >= 15 is 0 Å². The third-order valence-electron chi connectivity index (χ3n) is 4.93. The first kappa shape index (κ1) is 21.4. The van der Waals surface area contributed by atoms with E-state index < -0.39 is 17.7 Å². The van der Waals surface area contributed by atoms with Crippen LogP contribution in [0.15, 0.2) is 65.5 Å². The fraction of sp³-hybridized carbons (Fsp3) is 0.174. The molecule has 0 atom stereocenters. The quantitative estimate of drug-likeness (QED) is 0.469. The third kappa shape index (κ3) is 4.41. The molecule has 0 aliphatic carbocycles. The van der Waals surface area contributed by atoms with E-state index in [4.69, 9.17) is 4.74 Å². The molecule has 0 aliphatic rings. The summed E-state index contributed by atoms with van der Waals surface area (Å²) in [5.74, 6) is -0.626. The predicted molar refractivity (Wildman–Crippen MR) is 111 cm³/mol. The van der Waals surface area contributed by atoms with Crippen LogP contribution in [0.25, 0.3) is 16.8 Å². The number of hydrogen-bond donors (Lipinski definition) is 1. The Morgan fingerprint density at radius 2 is 1.78 bits per heavy atom. The van der Waals surface area contributed by atoms with Gasteiger partial charge in [0, 0.05) is 11.6 Å². The van der Waals surface area contributed by atoms with Crippen LogP contribution >= 0.6 is 0 Å². The number of nitrogens with zero attached hydrogens (tertiary/aromatic N) is 2. The number of aryl methyl sites for hydroxylation is 1. The van der Waals surface area contributed by atoms with Crippen LogP contribution < -0.4 is 5.56 Å². The molecule has 4 rings (SSSR count). The summed E-state index contributed by atoms with van der Waals surface area (Å²) in [6.07, 6.45) is -4.63. The third-order valence-corrected chi connectivity index (χ3v) is 4.93. The number of halogens is 3. The van der Waals surface area contributed by atoms with E-state index in [1.165, 1.54) is 22.7 Å². The topological polar surface area (TPSA) is 76.5 Å². The zero-order valence-corrected chi connectivity index (χ0v) is 16.9. The van der Waals surface area contributed by atoms with Gasteiger partial charge in [0.25, 0.3) is 5.56 Å². The van der Waals surface area contributed by atoms with Crippen molar-refractivity contribution < 1.29 is 22.7 Å². The first-order valence-corrected chi connectivity index (χ1v) is 9.71. The number of alkyl halides is 3. The van der Waals surface area contributed by atoms with Crippen molar-refractivity contribution in [1.82, 2.24) is 14.6 Å². The highest BCUT2D eigenvalue weighted by Crippen LogP contribution is 2.29. The van der Waals surface area contributed by atoms with Gasteiger partial charge in [0.2, 0.25) is 0 Å². The minimum Gasteiger partial charge on any atom is -0.459 e. The fourth-order valence-electron chi connectivity index (χ4n) is 3.42. The lowest BCUT2D eigenvalue weighted by atomic mass is 10.1. The number of esters is 1. The second-order valence-corrected chi connectivity index (χ2v) is 7.25. The number of hydrogen-bond acceptors (Lipinski definition) is 4. The van der Waals surface area contributed by atoms with Gasteiger partial charge in [-0.15, -0.1) is 0 Å². The molecule has 0 aliphatic heterocycles. The molecule has 0 spiro atoms. The second kappa shape index (κ2) is 8.33. The number of carbonyl (C=O) groups excluding carboxylic acids is 1. The Morgan fingerprint density at radius 1 is 1.09 bits per heavy atom. The number of H-pyrrole nitrogens is 1. The average molecular weight is 441 g/mol. The highest BCUT2D eigenvalue weighted by Gasteiger charge is 2.30. The Kier molecular flexibility index (Phi) is 5.56. The lowest BCUT2D eigenvalue weighted by Gasteiger charge is -2.08. The Labute approximate surface area is 180 Å². The molecule has 2 heterocycles. The largest absolute Gasteiger partial charge is 0.459 e. The number of benzene rings is 2. The normalized spacial score (nSPS) is 11.6. The molecule has 32 heavy (non-hydrogen) atoms. The van der Waals surface area contributed by atoms with Crippen molar-refractivity contribution in [2.75, 3.05) is 0 Å². The number of nitrogens with one attached hydrogen (secondary N) is 1. The molecular formula is C23H18F3N3O3. The zero-order chi connectivity index (χ0) is 22.9. The van der Waals surface area contributed by atoms with Crippen molar-refractivity contribution in [3.05, 3.63) is 93.5 Å². The van der Waals surface area contributed by atoms with Gasteiger partial charge in [0.05, 0.1) is 23.4 Å². The molecule has 6 nitrogen and oxygen atoms in total. The molecule has 4 aromatic rings. The molecule has 1 N–H and O–H groups in total. The molecule has 2 aromatic carbocycles. The molecule has 0 unspecified atom stereocenters. The van der Waals surface area contributed by atoms with Crippen molar-refractivity contribution >= 4 is 11.6 Å². The highest BCUT2D eigenvalue weighted by atomic mass is 19.4. The van der Waals surface area contributed by atoms with Crippen LogP contribution in [0.5, 0.6) is 0 Å². The summed E-state index contributed by atoms with van der Waals surface area (Å²) >= 11 is 0. The minimum absolute atomic E-state index is 0.189. The molecule has 0 saturated carbocycles. The maximum Gasteiger partial charge on any atom is 0.416 e. The van der Waals surface area contributed by atoms with Gasteiger partial charge in [-0.05, 0) is 30.2 Å². The van der Waals surface area contributed by atoms with Gasteiger partial charge in [0.1, 0.15) is 12.3 Å². The summed E-state index contributed by atoms with van der Waals surface area (Å²) in [4.78, 5) is 27.7. The summed E-state index contributed by atoms with van der Waals surface area (Å²) in [6, 6.07) is 15.0. The number of ether oxygens (including phenoxy) is 1. The van der Waals surface area contributed by atoms with Crippen LogP contribution in [0.2, 0.25) is 0 Å². The summed E-state index contributed by atoms with van der Waals surface area (Å²) in [5, 5.41) is 4.29. The van der Waals surface area contributed by atoms with Crippen LogP contribution in [0.4, 0.5) is 13.2 Å². The molecule has 0 amide bonds. The maximum atomic E-state index is 12.6. The van der Waals surface area contributed by atoms with Crippen molar-refractivity contribution in [3.63, 3.8) is 0 Å². The van der Waals surface area contributed by atoms with E-state index in [1.54, 1.807) is 6.92 Å². The first-order chi connectivity index (χ1) is 15.2. The van der Waals surface area contributed by atoms with E-state index in [1.807, 2.05) is 30.3 Å². The zero-order valence-electron chi connectivity index (χ0n) is 16.9. The lowest BCUT2D eigenvalue weighted by molar-refractivity contribution is -0.144. The van der Waals surface area contributed by atoms with Crippen LogP contribution in [-0.4, -0.2) is 20.6 Å². The lowest BCUT2D eigenvalue weighted by Crippen LogP contribution is -2.17. The molecule has 0 saturated heterocycles. The summed E-state index contributed by atoms with van der Waals surface area (Å²) < 4.78 is 44.4. The number of fused-ring (bicyclic) bond motifs is 1. The smallest absolute Gasteiger partial charge is 0.416 e. The van der Waals surface area contributed by atoms with Crippen molar-refractivity contribution in [1.29, 1.82) is 0 Å². The standard InChI is InChI=1S/C23H18F3N3O3/c1-14-21(16-5-3-2-4-6-16)22-27-18(12-19(30)29(22)28-14)13-32-20(31)11-15-7-9-17(10-8-15)23(24,25)26/h2-10,12,27H,11,13H2,1H3. The second-order valence-electron chi connectivity index (χ2n) is 7.25. The Morgan fingerprint density at radius 3 is 2.44 bits per heavy atom. The Hall–Kier alpha value is -3.88. The van der Waals surface area contributed by atoms with Gasteiger partial charge >= 0.3 is 12.1 Å². The van der Waals surface area contributed by atoms with Crippen LogP contribution in [0.1, 0.15) is 22.5 Å². The van der Waals surface area contributed by atoms with Crippen molar-refractivity contribution in [3.8, 4) is 11.1 Å². The molecule has 0 radical (unpaired) electrons. The number of rotatable bonds is 5. The van der Waals surface area contributed by atoms with Crippen LogP contribution in [-0.2, 0) is 28.7 Å². The molecule has 164 valence electrons. The van der Waals surface area contributed by atoms with Gasteiger partial charge in [-0.1, -0.05) is 42.5 Å². The van der Waals surface area contributed by atoms with Crippen molar-refractivity contribution in [2.45, 2.75) is 26.1 Å². The molecule has 9 heteroatoms. The van der Waals surface area contributed by atoms with Gasteiger partial charge in [0.15, 0.2) is 0 Å². The number of aromatic amines is 1. The molecule has 0 bridgehead atoms. The van der Waals surface area contributed by atoms with Crippen molar-refractivity contribution in [2.24, 2.45) is 0 Å². The van der Waals surface area contributed by atoms with E-state index in [9.17, 15) is 22.8 Å². The fourth-order valence-corrected chi connectivity index (χ4v) is 3.42. The molecule has 0 fully saturated rings. The van der Waals surface area contributed by atoms with Crippen LogP contribution in [0.3, 0.4) is 0 Å². The summed E-state index contributed by atoms with van der Waals surface area (Å²) in [6.45, 7) is 1.61. The predicted octanol–water partition coefficient (Wildman–Crippen LogP) is 4.30. The Bertz CT molecular complexity index is 1320. The SMILES string of the molecule is Cc1nn2c(=O)cc(COC(=O)Cc3ccc(C(F)(F)F)cc3)[nH]c2c1-c1ccccc1. The maximum absolute atomic E-state index is 12.6. The van der Waals surface area contributed by atoms with E-state index in [0.717, 1.165) is 23.3 Å². The monoisotopic (exact) mass is 441 g/mol. The van der Waals surface area contributed by atoms with E-state index in [0.29, 0.717) is 22.6 Å². The first-order valence-electron chi connectivity index (χ1n) is 9.71. The average Bonchev–Trinajstić information content (AvgIpc) is 3.09. The summed E-state index contributed by atoms with van der Waals surface area (Å²) in [5.41, 5.74) is 2.40. The summed E-state index contributed by atoms with van der Waals surface area (Å²) in [7, 11) is 0. The van der Waals surface area contributed by atoms with Crippen LogP contribution in [0, 0.1) is 6.92 Å². The Balaban J connectivity index is 1.51. The molecular weight excluding hydrogens is 423 g/mol. The van der Waals surface area contributed by atoms with Gasteiger partial charge < -0.3 is 9.72 Å². The van der Waals surface area contributed by atoms with E-state index in [2.05, 4.69) is 10.1 Å². The van der Waals surface area contributed by atoms with Gasteiger partial charge in [-0.2, -0.15) is 22.8 Å². The molecule has 2 aromatic heterocycles. The highest BCUT2D eigenvalue weighted by molar-refractivity contribution is 5.79. The number of aromatic nitrogens is 3. The van der Waals surface area contributed by atoms with Gasteiger partial charge in [-0.3, -0.25) is 9.59 Å². The number of carbonyl (C=O) groups is 1.